The van der Waals surface area contributed by atoms with Crippen molar-refractivity contribution in [3.05, 3.63) is 76.0 Å². The Bertz CT molecular complexity index is 506. The zero-order chi connectivity index (χ0) is 12.1. The molecule has 0 fully saturated rings. The topological polar surface area (TPSA) is 26.1 Å². The van der Waals surface area contributed by atoms with Crippen LogP contribution in [0.15, 0.2) is 54.6 Å². The quantitative estimate of drug-likeness (QED) is 0.352. The van der Waals surface area contributed by atoms with Crippen LogP contribution in [0.25, 0.3) is 0 Å². The number of benzene rings is 2. The number of nitrogens with zero attached hydrogens (tertiary/aromatic N) is 1. The predicted molar refractivity (Wildman–Crippen MR) is 70.4 cm³/mol. The van der Waals surface area contributed by atoms with Crippen LogP contribution in [-0.2, 0) is 6.54 Å². The molecule has 0 amide bonds. The minimum Gasteiger partial charge on any atom is -0.624 e. The van der Waals surface area contributed by atoms with Crippen molar-refractivity contribution in [1.82, 2.24) is 0 Å². The number of hydroxylamine groups is 1. The van der Waals surface area contributed by atoms with Gasteiger partial charge >= 0.3 is 0 Å². The number of halogens is 1. The Morgan fingerprint density at radius 3 is 2.29 bits per heavy atom. The summed E-state index contributed by atoms with van der Waals surface area (Å²) in [6, 6.07) is 16.8. The van der Waals surface area contributed by atoms with E-state index in [1.54, 1.807) is 18.3 Å². The SMILES string of the molecule is [O-]/[N+](=C\c1ccccc1)Cc1ccc(Cl)cc1. The third-order valence-corrected chi connectivity index (χ3v) is 2.60. The Balaban J connectivity index is 2.09. The Hall–Kier alpha value is -1.80. The van der Waals surface area contributed by atoms with Gasteiger partial charge in [0.1, 0.15) is 0 Å². The lowest BCUT2D eigenvalue weighted by atomic mass is 10.2. The van der Waals surface area contributed by atoms with Crippen molar-refractivity contribution < 1.29 is 4.74 Å². The minimum atomic E-state index is 0.325. The zero-order valence-corrected chi connectivity index (χ0v) is 9.97. The van der Waals surface area contributed by atoms with Gasteiger partial charge in [-0.25, -0.2) is 4.74 Å². The van der Waals surface area contributed by atoms with Crippen molar-refractivity contribution in [2.75, 3.05) is 0 Å². The fraction of sp³-hybridized carbons (Fsp3) is 0.0714. The molecule has 0 aliphatic rings. The normalized spacial score (nSPS) is 11.5. The van der Waals surface area contributed by atoms with E-state index >= 15 is 0 Å². The second-order valence-electron chi connectivity index (χ2n) is 3.74. The molecule has 0 N–H and O–H groups in total. The fourth-order valence-corrected chi connectivity index (χ4v) is 1.65. The van der Waals surface area contributed by atoms with Crippen LogP contribution in [0.3, 0.4) is 0 Å². The molecule has 0 aliphatic heterocycles. The molecule has 0 saturated carbocycles. The maximum atomic E-state index is 11.7. The number of hydrogen-bond donors (Lipinski definition) is 0. The summed E-state index contributed by atoms with van der Waals surface area (Å²) in [6.45, 7) is 0.325. The summed E-state index contributed by atoms with van der Waals surface area (Å²) in [7, 11) is 0. The highest BCUT2D eigenvalue weighted by molar-refractivity contribution is 6.30. The van der Waals surface area contributed by atoms with Gasteiger partial charge < -0.3 is 5.21 Å². The third kappa shape index (κ3) is 3.61. The molecule has 2 rings (SSSR count). The lowest BCUT2D eigenvalue weighted by molar-refractivity contribution is -0.469. The Morgan fingerprint density at radius 1 is 1.00 bits per heavy atom. The molecule has 0 atom stereocenters. The monoisotopic (exact) mass is 245 g/mol. The van der Waals surface area contributed by atoms with Crippen LogP contribution in [-0.4, -0.2) is 11.0 Å². The average Bonchev–Trinajstić information content (AvgIpc) is 2.33. The first-order chi connectivity index (χ1) is 8.24. The molecule has 0 unspecified atom stereocenters. The van der Waals surface area contributed by atoms with Crippen molar-refractivity contribution in [3.8, 4) is 0 Å². The summed E-state index contributed by atoms with van der Waals surface area (Å²) in [5, 5.41) is 12.4. The second kappa shape index (κ2) is 5.51. The first-order valence-electron chi connectivity index (χ1n) is 5.32. The van der Waals surface area contributed by atoms with Gasteiger partial charge in [-0.05, 0) is 24.3 Å². The largest absolute Gasteiger partial charge is 0.624 e. The summed E-state index contributed by atoms with van der Waals surface area (Å²) in [5.74, 6) is 0. The van der Waals surface area contributed by atoms with E-state index in [4.69, 9.17) is 11.6 Å². The highest BCUT2D eigenvalue weighted by atomic mass is 35.5. The zero-order valence-electron chi connectivity index (χ0n) is 9.21. The summed E-state index contributed by atoms with van der Waals surface area (Å²) < 4.78 is 0.915. The molecular weight excluding hydrogens is 234 g/mol. The van der Waals surface area contributed by atoms with Crippen molar-refractivity contribution in [2.45, 2.75) is 6.54 Å². The summed E-state index contributed by atoms with van der Waals surface area (Å²) >= 11 is 5.78. The van der Waals surface area contributed by atoms with Crippen LogP contribution >= 0.6 is 11.6 Å². The van der Waals surface area contributed by atoms with E-state index in [0.29, 0.717) is 11.6 Å². The summed E-state index contributed by atoms with van der Waals surface area (Å²) in [5.41, 5.74) is 1.84. The van der Waals surface area contributed by atoms with Gasteiger partial charge in [0, 0.05) is 16.1 Å². The van der Waals surface area contributed by atoms with Crippen LogP contribution in [0.4, 0.5) is 0 Å². The van der Waals surface area contributed by atoms with Gasteiger partial charge in [-0.1, -0.05) is 41.9 Å². The lowest BCUT2D eigenvalue weighted by Crippen LogP contribution is -2.05. The predicted octanol–water partition coefficient (Wildman–Crippen LogP) is 3.47. The van der Waals surface area contributed by atoms with E-state index in [1.807, 2.05) is 42.5 Å². The Labute approximate surface area is 105 Å². The molecule has 0 heterocycles. The first kappa shape index (κ1) is 11.7. The second-order valence-corrected chi connectivity index (χ2v) is 4.18. The molecule has 0 aliphatic carbocycles. The maximum absolute atomic E-state index is 11.7. The van der Waals surface area contributed by atoms with Crippen LogP contribution < -0.4 is 0 Å². The maximum Gasteiger partial charge on any atom is 0.182 e. The van der Waals surface area contributed by atoms with Crippen LogP contribution in [0.2, 0.25) is 5.02 Å². The van der Waals surface area contributed by atoms with E-state index in [-0.39, 0.29) is 0 Å². The van der Waals surface area contributed by atoms with Gasteiger partial charge in [0.05, 0.1) is 0 Å². The molecule has 2 aromatic carbocycles. The molecule has 86 valence electrons. The van der Waals surface area contributed by atoms with Crippen molar-refractivity contribution >= 4 is 17.8 Å². The van der Waals surface area contributed by atoms with E-state index in [0.717, 1.165) is 15.9 Å². The lowest BCUT2D eigenvalue weighted by Gasteiger charge is -2.04. The molecule has 2 aromatic rings. The van der Waals surface area contributed by atoms with Gasteiger partial charge in [-0.3, -0.25) is 0 Å². The highest BCUT2D eigenvalue weighted by Gasteiger charge is 1.99. The smallest absolute Gasteiger partial charge is 0.182 e. The minimum absolute atomic E-state index is 0.325. The molecule has 0 aromatic heterocycles. The van der Waals surface area contributed by atoms with Crippen molar-refractivity contribution in [3.63, 3.8) is 0 Å². The molecule has 0 radical (unpaired) electrons. The third-order valence-electron chi connectivity index (χ3n) is 2.34. The number of hydrogen-bond acceptors (Lipinski definition) is 1. The van der Waals surface area contributed by atoms with Gasteiger partial charge in [0.2, 0.25) is 0 Å². The fourth-order valence-electron chi connectivity index (χ4n) is 1.52. The summed E-state index contributed by atoms with van der Waals surface area (Å²) in [6.07, 6.45) is 1.58. The molecule has 0 bridgehead atoms. The first-order valence-corrected chi connectivity index (χ1v) is 5.70. The van der Waals surface area contributed by atoms with Crippen LogP contribution in [0.5, 0.6) is 0 Å². The van der Waals surface area contributed by atoms with Gasteiger partial charge in [0.25, 0.3) is 0 Å². The Kier molecular flexibility index (Phi) is 3.78. The van der Waals surface area contributed by atoms with Crippen LogP contribution in [0, 0.1) is 5.21 Å². The molecule has 3 heteroatoms. The molecule has 0 spiro atoms. The standard InChI is InChI=1S/C14H12ClNO/c15-14-8-6-13(7-9-14)11-16(17)10-12-4-2-1-3-5-12/h1-10H,11H2/b16-10-. The summed E-state index contributed by atoms with van der Waals surface area (Å²) in [4.78, 5) is 0. The van der Waals surface area contributed by atoms with Gasteiger partial charge in [-0.2, -0.15) is 0 Å². The van der Waals surface area contributed by atoms with E-state index < -0.39 is 0 Å². The molecule has 2 nitrogen and oxygen atoms in total. The molecule has 17 heavy (non-hydrogen) atoms. The number of rotatable bonds is 3. The van der Waals surface area contributed by atoms with Gasteiger partial charge in [-0.15, -0.1) is 0 Å². The van der Waals surface area contributed by atoms with Crippen molar-refractivity contribution in [1.29, 1.82) is 0 Å². The van der Waals surface area contributed by atoms with Gasteiger partial charge in [0.15, 0.2) is 12.8 Å². The average molecular weight is 246 g/mol. The van der Waals surface area contributed by atoms with E-state index in [2.05, 4.69) is 0 Å². The Morgan fingerprint density at radius 2 is 1.65 bits per heavy atom. The van der Waals surface area contributed by atoms with E-state index in [1.165, 1.54) is 0 Å². The van der Waals surface area contributed by atoms with Crippen molar-refractivity contribution in [2.24, 2.45) is 0 Å². The molecule has 0 saturated heterocycles. The highest BCUT2D eigenvalue weighted by Crippen LogP contribution is 2.10. The van der Waals surface area contributed by atoms with Crippen LogP contribution in [0.1, 0.15) is 11.1 Å². The molecular formula is C14H12ClNO. The van der Waals surface area contributed by atoms with E-state index in [9.17, 15) is 5.21 Å².